The van der Waals surface area contributed by atoms with Crippen LogP contribution in [0, 0.1) is 5.82 Å². The molecule has 1 N–H and O–H groups in total. The Morgan fingerprint density at radius 1 is 1.42 bits per heavy atom. The van der Waals surface area contributed by atoms with Gasteiger partial charge < -0.3 is 10.0 Å². The second kappa shape index (κ2) is 6.12. The first-order valence-electron chi connectivity index (χ1n) is 5.57. The second-order valence-electron chi connectivity index (χ2n) is 4.48. The van der Waals surface area contributed by atoms with Crippen LogP contribution >= 0.6 is 0 Å². The number of hydrogen-bond donors (Lipinski definition) is 1. The van der Waals surface area contributed by atoms with Gasteiger partial charge >= 0.3 is 5.97 Å². The Morgan fingerprint density at radius 3 is 2.58 bits per heavy atom. The summed E-state index contributed by atoms with van der Waals surface area (Å²) in [5, 5.41) is 8.83. The smallest absolute Gasteiger partial charge is 0.335 e. The predicted octanol–water partition coefficient (Wildman–Crippen LogP) is 1.00. The molecule has 1 rings (SSSR count). The summed E-state index contributed by atoms with van der Waals surface area (Å²) in [6, 6.07) is 3.55. The Labute approximate surface area is 111 Å². The van der Waals surface area contributed by atoms with Gasteiger partial charge in [-0.2, -0.15) is 0 Å². The molecule has 0 saturated carbocycles. The zero-order valence-electron chi connectivity index (χ0n) is 10.8. The van der Waals surface area contributed by atoms with E-state index in [0.29, 0.717) is 0 Å². The third kappa shape index (κ3) is 5.35. The lowest BCUT2D eigenvalue weighted by Gasteiger charge is -2.16. The van der Waals surface area contributed by atoms with Crippen LogP contribution in [0.1, 0.15) is 15.9 Å². The summed E-state index contributed by atoms with van der Waals surface area (Å²) < 4.78 is 35.6. The lowest BCUT2D eigenvalue weighted by molar-refractivity contribution is 0.0696. The van der Waals surface area contributed by atoms with E-state index in [1.807, 2.05) is 0 Å². The Morgan fingerprint density at radius 2 is 2.05 bits per heavy atom. The molecule has 5 nitrogen and oxygen atoms in total. The van der Waals surface area contributed by atoms with Gasteiger partial charge in [-0.1, -0.05) is 0 Å². The number of sulfone groups is 1. The Balaban J connectivity index is 2.75. The maximum absolute atomic E-state index is 13.5. The summed E-state index contributed by atoms with van der Waals surface area (Å²) in [7, 11) is -1.42. The Kier molecular flexibility index (Phi) is 5.02. The molecule has 0 aliphatic heterocycles. The van der Waals surface area contributed by atoms with E-state index in [2.05, 4.69) is 0 Å². The summed E-state index contributed by atoms with van der Waals surface area (Å²) in [5.74, 6) is -1.65. The largest absolute Gasteiger partial charge is 0.478 e. The van der Waals surface area contributed by atoms with Crippen LogP contribution in [0.2, 0.25) is 0 Å². The van der Waals surface area contributed by atoms with E-state index in [9.17, 15) is 17.6 Å². The van der Waals surface area contributed by atoms with Gasteiger partial charge in [-0.3, -0.25) is 0 Å². The Bertz CT molecular complexity index is 571. The SMILES string of the molecule is CN(CCS(C)(=O)=O)Cc1cc(C(=O)O)ccc1F. The maximum atomic E-state index is 13.5. The summed E-state index contributed by atoms with van der Waals surface area (Å²) >= 11 is 0. The first-order chi connectivity index (χ1) is 8.69. The van der Waals surface area contributed by atoms with Crippen molar-refractivity contribution in [2.45, 2.75) is 6.54 Å². The minimum Gasteiger partial charge on any atom is -0.478 e. The van der Waals surface area contributed by atoms with Crippen molar-refractivity contribution < 1.29 is 22.7 Å². The lowest BCUT2D eigenvalue weighted by Crippen LogP contribution is -2.25. The topological polar surface area (TPSA) is 74.7 Å². The van der Waals surface area contributed by atoms with Crippen LogP contribution in [-0.2, 0) is 16.4 Å². The van der Waals surface area contributed by atoms with E-state index >= 15 is 0 Å². The second-order valence-corrected chi connectivity index (χ2v) is 6.74. The number of carboxylic acid groups (broad SMARTS) is 1. The third-order valence-corrected chi connectivity index (χ3v) is 3.50. The van der Waals surface area contributed by atoms with Crippen molar-refractivity contribution >= 4 is 15.8 Å². The van der Waals surface area contributed by atoms with Gasteiger partial charge in [0.2, 0.25) is 0 Å². The Hall–Kier alpha value is -1.47. The lowest BCUT2D eigenvalue weighted by atomic mass is 10.1. The molecule has 0 saturated heterocycles. The highest BCUT2D eigenvalue weighted by Gasteiger charge is 2.11. The summed E-state index contributed by atoms with van der Waals surface area (Å²) in [5.41, 5.74) is 0.240. The first kappa shape index (κ1) is 15.6. The standard InChI is InChI=1S/C12H16FNO4S/c1-14(5-6-19(2,17)18)8-10-7-9(12(15)16)3-4-11(10)13/h3-4,7H,5-6,8H2,1-2H3,(H,15,16). The molecule has 1 aromatic rings. The fraction of sp³-hybridized carbons (Fsp3) is 0.417. The zero-order valence-corrected chi connectivity index (χ0v) is 11.6. The number of benzene rings is 1. The van der Waals surface area contributed by atoms with E-state index in [-0.39, 0.29) is 30.0 Å². The average Bonchev–Trinajstić information content (AvgIpc) is 2.28. The molecule has 0 radical (unpaired) electrons. The molecule has 0 atom stereocenters. The number of halogens is 1. The molecular formula is C12H16FNO4S. The molecule has 19 heavy (non-hydrogen) atoms. The van der Waals surface area contributed by atoms with Gasteiger partial charge in [-0.15, -0.1) is 0 Å². The molecule has 7 heteroatoms. The highest BCUT2D eigenvalue weighted by atomic mass is 32.2. The van der Waals surface area contributed by atoms with Crippen molar-refractivity contribution in [3.63, 3.8) is 0 Å². The molecule has 0 aromatic heterocycles. The number of nitrogens with zero attached hydrogens (tertiary/aromatic N) is 1. The van der Waals surface area contributed by atoms with Crippen LogP contribution in [0.25, 0.3) is 0 Å². The number of hydrogen-bond acceptors (Lipinski definition) is 4. The van der Waals surface area contributed by atoms with Crippen molar-refractivity contribution in [2.75, 3.05) is 25.6 Å². The summed E-state index contributed by atoms with van der Waals surface area (Å²) in [6.45, 7) is 0.415. The van der Waals surface area contributed by atoms with Gasteiger partial charge in [0.1, 0.15) is 15.7 Å². The zero-order chi connectivity index (χ0) is 14.6. The normalized spacial score (nSPS) is 11.8. The average molecular weight is 289 g/mol. The van der Waals surface area contributed by atoms with Crippen LogP contribution in [0.3, 0.4) is 0 Å². The monoisotopic (exact) mass is 289 g/mol. The van der Waals surface area contributed by atoms with Crippen LogP contribution in [0.15, 0.2) is 18.2 Å². The molecular weight excluding hydrogens is 273 g/mol. The molecule has 0 aliphatic carbocycles. The van der Waals surface area contributed by atoms with Crippen LogP contribution in [0.5, 0.6) is 0 Å². The van der Waals surface area contributed by atoms with E-state index in [1.54, 1.807) is 11.9 Å². The molecule has 0 bridgehead atoms. The number of carbonyl (C=O) groups is 1. The van der Waals surface area contributed by atoms with Crippen molar-refractivity contribution in [3.05, 3.63) is 35.1 Å². The van der Waals surface area contributed by atoms with Crippen LogP contribution < -0.4 is 0 Å². The number of carboxylic acids is 1. The number of aromatic carboxylic acids is 1. The fourth-order valence-corrected chi connectivity index (χ4v) is 2.16. The van der Waals surface area contributed by atoms with E-state index in [0.717, 1.165) is 12.3 Å². The van der Waals surface area contributed by atoms with Gasteiger partial charge in [-0.25, -0.2) is 17.6 Å². The van der Waals surface area contributed by atoms with Gasteiger partial charge in [-0.05, 0) is 25.2 Å². The van der Waals surface area contributed by atoms with Crippen molar-refractivity contribution in [1.29, 1.82) is 0 Å². The van der Waals surface area contributed by atoms with Crippen molar-refractivity contribution in [1.82, 2.24) is 4.90 Å². The van der Waals surface area contributed by atoms with Gasteiger partial charge in [0.25, 0.3) is 0 Å². The van der Waals surface area contributed by atoms with E-state index in [4.69, 9.17) is 5.11 Å². The molecule has 0 unspecified atom stereocenters. The van der Waals surface area contributed by atoms with E-state index < -0.39 is 21.6 Å². The fourth-order valence-electron chi connectivity index (χ4n) is 1.52. The van der Waals surface area contributed by atoms with Gasteiger partial charge in [0, 0.05) is 24.9 Å². The van der Waals surface area contributed by atoms with Crippen LogP contribution in [0.4, 0.5) is 4.39 Å². The maximum Gasteiger partial charge on any atom is 0.335 e. The summed E-state index contributed by atoms with van der Waals surface area (Å²) in [6.07, 6.45) is 1.13. The van der Waals surface area contributed by atoms with Crippen molar-refractivity contribution in [3.8, 4) is 0 Å². The van der Waals surface area contributed by atoms with E-state index in [1.165, 1.54) is 12.1 Å². The third-order valence-electron chi connectivity index (χ3n) is 2.58. The highest BCUT2D eigenvalue weighted by molar-refractivity contribution is 7.90. The molecule has 106 valence electrons. The number of rotatable bonds is 6. The van der Waals surface area contributed by atoms with Crippen LogP contribution in [-0.4, -0.2) is 50.0 Å². The highest BCUT2D eigenvalue weighted by Crippen LogP contribution is 2.12. The first-order valence-corrected chi connectivity index (χ1v) is 7.63. The molecule has 0 fully saturated rings. The van der Waals surface area contributed by atoms with Crippen molar-refractivity contribution in [2.24, 2.45) is 0 Å². The molecule has 0 aliphatic rings. The minimum atomic E-state index is -3.07. The minimum absolute atomic E-state index is 0.00733. The quantitative estimate of drug-likeness (QED) is 0.845. The van der Waals surface area contributed by atoms with Gasteiger partial charge in [0.15, 0.2) is 0 Å². The molecule has 1 aromatic carbocycles. The van der Waals surface area contributed by atoms with Gasteiger partial charge in [0.05, 0.1) is 11.3 Å². The molecule has 0 heterocycles. The predicted molar refractivity (Wildman–Crippen MR) is 69.4 cm³/mol. The molecule has 0 spiro atoms. The summed E-state index contributed by atoms with van der Waals surface area (Å²) in [4.78, 5) is 12.4. The molecule has 0 amide bonds.